The van der Waals surface area contributed by atoms with Crippen LogP contribution in [-0.4, -0.2) is 38.1 Å². The molecule has 4 bridgehead atoms. The number of carbonyl (C=O) groups is 1. The van der Waals surface area contributed by atoms with Crippen molar-refractivity contribution in [1.29, 1.82) is 0 Å². The Hall–Kier alpha value is -0.570. The van der Waals surface area contributed by atoms with Gasteiger partial charge in [-0.1, -0.05) is 0 Å². The second-order valence-electron chi connectivity index (χ2n) is 7.48. The Labute approximate surface area is 116 Å². The minimum Gasteiger partial charge on any atom is -0.468 e. The van der Waals surface area contributed by atoms with Crippen molar-refractivity contribution in [2.75, 3.05) is 27.2 Å². The third kappa shape index (κ3) is 2.81. The van der Waals surface area contributed by atoms with Crippen molar-refractivity contribution in [2.45, 2.75) is 44.9 Å². The molecule has 0 aliphatic heterocycles. The summed E-state index contributed by atoms with van der Waals surface area (Å²) in [5, 5.41) is 0. The first-order chi connectivity index (χ1) is 9.08. The second kappa shape index (κ2) is 5.08. The molecule has 0 aromatic heterocycles. The van der Waals surface area contributed by atoms with Crippen LogP contribution in [0.1, 0.15) is 44.9 Å². The molecular formula is C16H27NO2. The van der Waals surface area contributed by atoms with E-state index >= 15 is 0 Å². The van der Waals surface area contributed by atoms with Gasteiger partial charge in [-0.25, -0.2) is 0 Å². The lowest BCUT2D eigenvalue weighted by Gasteiger charge is -2.57. The van der Waals surface area contributed by atoms with Gasteiger partial charge in [0.15, 0.2) is 0 Å². The Kier molecular flexibility index (Phi) is 3.59. The topological polar surface area (TPSA) is 29.5 Å². The smallest absolute Gasteiger partial charge is 0.319 e. The molecule has 0 N–H and O–H groups in total. The molecule has 4 saturated carbocycles. The Morgan fingerprint density at radius 3 is 2.16 bits per heavy atom. The maximum absolute atomic E-state index is 11.3. The number of methoxy groups -OCH3 is 1. The van der Waals surface area contributed by atoms with E-state index in [1.807, 2.05) is 7.05 Å². The molecule has 0 heterocycles. The summed E-state index contributed by atoms with van der Waals surface area (Å²) < 4.78 is 4.74. The number of carbonyl (C=O) groups excluding carboxylic acids is 1. The van der Waals surface area contributed by atoms with Gasteiger partial charge in [0.1, 0.15) is 0 Å². The summed E-state index contributed by atoms with van der Waals surface area (Å²) in [7, 11) is 3.51. The molecule has 0 saturated heterocycles. The maximum atomic E-state index is 11.3. The van der Waals surface area contributed by atoms with Gasteiger partial charge in [-0.2, -0.15) is 0 Å². The first-order valence-corrected chi connectivity index (χ1v) is 7.84. The van der Waals surface area contributed by atoms with Gasteiger partial charge in [0.2, 0.25) is 0 Å². The zero-order valence-corrected chi connectivity index (χ0v) is 12.4. The monoisotopic (exact) mass is 265 g/mol. The zero-order chi connectivity index (χ0) is 13.5. The zero-order valence-electron chi connectivity index (χ0n) is 12.4. The summed E-state index contributed by atoms with van der Waals surface area (Å²) in [4.78, 5) is 13.4. The molecule has 0 atom stereocenters. The van der Waals surface area contributed by atoms with Crippen LogP contribution in [0.4, 0.5) is 0 Å². The summed E-state index contributed by atoms with van der Waals surface area (Å²) in [5.41, 5.74) is 0.624. The van der Waals surface area contributed by atoms with E-state index in [1.54, 1.807) is 0 Å². The molecular weight excluding hydrogens is 238 g/mol. The van der Waals surface area contributed by atoms with Crippen LogP contribution in [0.2, 0.25) is 0 Å². The molecule has 0 spiro atoms. The van der Waals surface area contributed by atoms with Crippen molar-refractivity contribution in [2.24, 2.45) is 23.2 Å². The standard InChI is InChI=1S/C16H27NO2/c1-17(11-15(18)19-2)4-3-16-8-12-5-13(9-16)7-14(6-12)10-16/h12-14H,3-11H2,1-2H3. The first-order valence-electron chi connectivity index (χ1n) is 7.84. The second-order valence-corrected chi connectivity index (χ2v) is 7.48. The molecule has 0 aromatic rings. The molecule has 0 unspecified atom stereocenters. The lowest BCUT2D eigenvalue weighted by atomic mass is 9.49. The minimum absolute atomic E-state index is 0.118. The van der Waals surface area contributed by atoms with Gasteiger partial charge in [0.25, 0.3) is 0 Å². The van der Waals surface area contributed by atoms with Gasteiger partial charge in [-0.3, -0.25) is 9.69 Å². The maximum Gasteiger partial charge on any atom is 0.319 e. The van der Waals surface area contributed by atoms with Crippen LogP contribution in [0.15, 0.2) is 0 Å². The normalized spacial score (nSPS) is 39.8. The molecule has 19 heavy (non-hydrogen) atoms. The Bertz CT molecular complexity index is 317. The van der Waals surface area contributed by atoms with Crippen LogP contribution < -0.4 is 0 Å². The largest absolute Gasteiger partial charge is 0.468 e. The van der Waals surface area contributed by atoms with Gasteiger partial charge in [-0.15, -0.1) is 0 Å². The minimum atomic E-state index is -0.118. The quantitative estimate of drug-likeness (QED) is 0.716. The van der Waals surface area contributed by atoms with E-state index < -0.39 is 0 Å². The molecule has 0 radical (unpaired) electrons. The SMILES string of the molecule is COC(=O)CN(C)CCC12CC3CC(CC(C3)C1)C2. The molecule has 4 rings (SSSR count). The predicted octanol–water partition coefficient (Wildman–Crippen LogP) is 2.70. The average Bonchev–Trinajstić information content (AvgIpc) is 2.35. The van der Waals surface area contributed by atoms with Crippen LogP contribution in [0, 0.1) is 23.2 Å². The van der Waals surface area contributed by atoms with Gasteiger partial charge >= 0.3 is 5.97 Å². The van der Waals surface area contributed by atoms with E-state index in [4.69, 9.17) is 4.74 Å². The molecule has 108 valence electrons. The fourth-order valence-corrected chi connectivity index (χ4v) is 5.39. The van der Waals surface area contributed by atoms with E-state index in [0.29, 0.717) is 12.0 Å². The highest BCUT2D eigenvalue weighted by molar-refractivity contribution is 5.71. The van der Waals surface area contributed by atoms with E-state index in [1.165, 1.54) is 52.1 Å². The molecule has 4 aliphatic rings. The fraction of sp³-hybridized carbons (Fsp3) is 0.938. The number of nitrogens with zero attached hydrogens (tertiary/aromatic N) is 1. The molecule has 0 amide bonds. The van der Waals surface area contributed by atoms with Crippen LogP contribution in [-0.2, 0) is 9.53 Å². The highest BCUT2D eigenvalue weighted by Gasteiger charge is 2.50. The van der Waals surface area contributed by atoms with Crippen LogP contribution >= 0.6 is 0 Å². The summed E-state index contributed by atoms with van der Waals surface area (Å²) in [6, 6.07) is 0. The summed E-state index contributed by atoms with van der Waals surface area (Å²) >= 11 is 0. The van der Waals surface area contributed by atoms with Crippen molar-refractivity contribution in [1.82, 2.24) is 4.90 Å². The van der Waals surface area contributed by atoms with Crippen LogP contribution in [0.25, 0.3) is 0 Å². The number of esters is 1. The van der Waals surface area contributed by atoms with Crippen molar-refractivity contribution in [3.05, 3.63) is 0 Å². The fourth-order valence-electron chi connectivity index (χ4n) is 5.39. The average molecular weight is 265 g/mol. The summed E-state index contributed by atoms with van der Waals surface area (Å²) in [6.07, 6.45) is 10.2. The third-order valence-electron chi connectivity index (χ3n) is 5.82. The van der Waals surface area contributed by atoms with Crippen molar-refractivity contribution in [3.8, 4) is 0 Å². The molecule has 4 fully saturated rings. The van der Waals surface area contributed by atoms with Crippen molar-refractivity contribution in [3.63, 3.8) is 0 Å². The number of rotatable bonds is 5. The van der Waals surface area contributed by atoms with Gasteiger partial charge in [0, 0.05) is 0 Å². The lowest BCUT2D eigenvalue weighted by molar-refractivity contribution is -0.141. The Morgan fingerprint density at radius 2 is 1.68 bits per heavy atom. The molecule has 0 aromatic carbocycles. The van der Waals surface area contributed by atoms with Gasteiger partial charge in [-0.05, 0) is 81.7 Å². The molecule has 4 aliphatic carbocycles. The number of ether oxygens (including phenoxy) is 1. The van der Waals surface area contributed by atoms with E-state index in [-0.39, 0.29) is 5.97 Å². The number of likely N-dealkylation sites (N-methyl/N-ethyl adjacent to an activating group) is 1. The number of hydrogen-bond donors (Lipinski definition) is 0. The van der Waals surface area contributed by atoms with Crippen LogP contribution in [0.3, 0.4) is 0 Å². The summed E-state index contributed by atoms with van der Waals surface area (Å²) in [5.74, 6) is 2.96. The van der Waals surface area contributed by atoms with E-state index in [0.717, 1.165) is 24.3 Å². The predicted molar refractivity (Wildman–Crippen MR) is 74.7 cm³/mol. The third-order valence-corrected chi connectivity index (χ3v) is 5.82. The highest BCUT2D eigenvalue weighted by Crippen LogP contribution is 2.61. The molecule has 3 nitrogen and oxygen atoms in total. The number of hydrogen-bond acceptors (Lipinski definition) is 3. The van der Waals surface area contributed by atoms with Gasteiger partial charge < -0.3 is 4.74 Å². The first kappa shape index (κ1) is 13.4. The Morgan fingerprint density at radius 1 is 1.16 bits per heavy atom. The summed E-state index contributed by atoms with van der Waals surface area (Å²) in [6.45, 7) is 1.48. The molecule has 3 heteroatoms. The van der Waals surface area contributed by atoms with Crippen LogP contribution in [0.5, 0.6) is 0 Å². The van der Waals surface area contributed by atoms with Crippen molar-refractivity contribution >= 4 is 5.97 Å². The van der Waals surface area contributed by atoms with Gasteiger partial charge in [0.05, 0.1) is 13.7 Å². The lowest BCUT2D eigenvalue weighted by Crippen LogP contribution is -2.47. The van der Waals surface area contributed by atoms with E-state index in [2.05, 4.69) is 4.90 Å². The van der Waals surface area contributed by atoms with E-state index in [9.17, 15) is 4.79 Å². The highest BCUT2D eigenvalue weighted by atomic mass is 16.5. The van der Waals surface area contributed by atoms with Crippen molar-refractivity contribution < 1.29 is 9.53 Å². The Balaban J connectivity index is 1.53.